The van der Waals surface area contributed by atoms with Gasteiger partial charge in [0, 0.05) is 6.04 Å². The van der Waals surface area contributed by atoms with E-state index in [1.807, 2.05) is 0 Å². The molecule has 0 aromatic carbocycles. The molecule has 1 saturated carbocycles. The molecule has 1 fully saturated rings. The Morgan fingerprint density at radius 2 is 1.90 bits per heavy atom. The number of hydrogen-bond donors (Lipinski definition) is 2. The summed E-state index contributed by atoms with van der Waals surface area (Å²) < 4.78 is 0. The van der Waals surface area contributed by atoms with Gasteiger partial charge >= 0.3 is 6.41 Å². The standard InChI is InChI=1S/C7H13N2O/c10-6-8-9-7-4-2-1-3-5-7/h7,9H,1-5H2,(H,8,10). The van der Waals surface area contributed by atoms with Crippen molar-refractivity contribution in [3.05, 3.63) is 0 Å². The van der Waals surface area contributed by atoms with Crippen LogP contribution in [0.4, 0.5) is 0 Å². The molecule has 1 aliphatic rings. The Morgan fingerprint density at radius 1 is 1.20 bits per heavy atom. The van der Waals surface area contributed by atoms with Crippen LogP contribution in [0.2, 0.25) is 0 Å². The van der Waals surface area contributed by atoms with Crippen molar-refractivity contribution in [2.24, 2.45) is 0 Å². The van der Waals surface area contributed by atoms with Gasteiger partial charge in [-0.25, -0.2) is 5.43 Å². The zero-order chi connectivity index (χ0) is 7.23. The lowest BCUT2D eigenvalue weighted by molar-refractivity contribution is 0.356. The molecule has 0 aliphatic heterocycles. The van der Waals surface area contributed by atoms with Crippen molar-refractivity contribution in [2.75, 3.05) is 0 Å². The maximum Gasteiger partial charge on any atom is 0.324 e. The van der Waals surface area contributed by atoms with Crippen LogP contribution in [-0.2, 0) is 4.79 Å². The predicted molar refractivity (Wildman–Crippen MR) is 38.8 cm³/mol. The van der Waals surface area contributed by atoms with Crippen LogP contribution in [0.15, 0.2) is 0 Å². The Kier molecular flexibility index (Phi) is 3.22. The highest BCUT2D eigenvalue weighted by atomic mass is 16.1. The van der Waals surface area contributed by atoms with Crippen molar-refractivity contribution >= 4 is 6.41 Å². The number of nitrogens with one attached hydrogen (secondary N) is 2. The Hall–Kier alpha value is -0.570. The Balaban J connectivity index is 2.07. The molecule has 10 heavy (non-hydrogen) atoms. The second-order valence-corrected chi connectivity index (χ2v) is 2.71. The fourth-order valence-electron chi connectivity index (χ4n) is 1.38. The van der Waals surface area contributed by atoms with E-state index in [-0.39, 0.29) is 0 Å². The molecule has 1 rings (SSSR count). The van der Waals surface area contributed by atoms with Gasteiger partial charge in [-0.05, 0) is 12.8 Å². The van der Waals surface area contributed by atoms with E-state index in [0.29, 0.717) is 6.04 Å². The van der Waals surface area contributed by atoms with Crippen molar-refractivity contribution in [3.8, 4) is 0 Å². The van der Waals surface area contributed by atoms with E-state index in [0.717, 1.165) is 0 Å². The molecule has 0 heterocycles. The normalized spacial score (nSPS) is 20.4. The second kappa shape index (κ2) is 4.28. The van der Waals surface area contributed by atoms with Gasteiger partial charge in [0.1, 0.15) is 0 Å². The molecular formula is C7H13N2O. The summed E-state index contributed by atoms with van der Waals surface area (Å²) in [6.45, 7) is 0. The molecule has 1 radical (unpaired) electrons. The minimum absolute atomic E-state index is 0.482. The average molecular weight is 141 g/mol. The largest absolute Gasteiger partial charge is 0.324 e. The first-order valence-electron chi connectivity index (χ1n) is 3.81. The molecule has 3 heteroatoms. The van der Waals surface area contributed by atoms with Crippen molar-refractivity contribution in [1.29, 1.82) is 0 Å². The van der Waals surface area contributed by atoms with E-state index >= 15 is 0 Å². The van der Waals surface area contributed by atoms with Gasteiger partial charge in [-0.1, -0.05) is 19.3 Å². The van der Waals surface area contributed by atoms with Crippen LogP contribution in [0.5, 0.6) is 0 Å². The molecule has 0 unspecified atom stereocenters. The molecule has 1 amide bonds. The number of rotatable bonds is 3. The summed E-state index contributed by atoms with van der Waals surface area (Å²) in [4.78, 5) is 9.75. The van der Waals surface area contributed by atoms with Gasteiger partial charge in [0.15, 0.2) is 0 Å². The highest BCUT2D eigenvalue weighted by Gasteiger charge is 2.11. The van der Waals surface area contributed by atoms with Gasteiger partial charge in [0.25, 0.3) is 0 Å². The maximum atomic E-state index is 9.75. The lowest BCUT2D eigenvalue weighted by atomic mass is 9.96. The Bertz CT molecular complexity index is 99.8. The first-order chi connectivity index (χ1) is 4.93. The molecule has 0 atom stereocenters. The SMILES string of the molecule is O=[C]NNC1CCCCC1. The van der Waals surface area contributed by atoms with Crippen LogP contribution < -0.4 is 10.9 Å². The van der Waals surface area contributed by atoms with Gasteiger partial charge in [-0.3, -0.25) is 10.2 Å². The fraction of sp³-hybridized carbons (Fsp3) is 0.857. The summed E-state index contributed by atoms with van der Waals surface area (Å²) in [6.07, 6.45) is 7.84. The van der Waals surface area contributed by atoms with Crippen molar-refractivity contribution in [3.63, 3.8) is 0 Å². The number of hydrogen-bond acceptors (Lipinski definition) is 2. The van der Waals surface area contributed by atoms with Crippen molar-refractivity contribution in [1.82, 2.24) is 10.9 Å². The van der Waals surface area contributed by atoms with Crippen LogP contribution in [0.3, 0.4) is 0 Å². The van der Waals surface area contributed by atoms with Crippen LogP contribution in [0, 0.1) is 0 Å². The molecule has 0 bridgehead atoms. The first kappa shape index (κ1) is 7.54. The van der Waals surface area contributed by atoms with Crippen LogP contribution in [-0.4, -0.2) is 12.5 Å². The molecule has 0 spiro atoms. The summed E-state index contributed by atoms with van der Waals surface area (Å²) in [6, 6.07) is 0.482. The van der Waals surface area contributed by atoms with Crippen LogP contribution >= 0.6 is 0 Å². The lowest BCUT2D eigenvalue weighted by Gasteiger charge is -2.21. The zero-order valence-corrected chi connectivity index (χ0v) is 6.02. The van der Waals surface area contributed by atoms with E-state index in [1.54, 1.807) is 6.41 Å². The fourth-order valence-corrected chi connectivity index (χ4v) is 1.38. The maximum absolute atomic E-state index is 9.75. The molecule has 0 aromatic rings. The number of carbonyl (C=O) groups excluding carboxylic acids is 1. The zero-order valence-electron chi connectivity index (χ0n) is 6.02. The summed E-state index contributed by atoms with van der Waals surface area (Å²) in [5.74, 6) is 0. The lowest BCUT2D eigenvalue weighted by Crippen LogP contribution is -2.40. The highest BCUT2D eigenvalue weighted by Crippen LogP contribution is 2.16. The molecule has 2 N–H and O–H groups in total. The molecule has 3 nitrogen and oxygen atoms in total. The summed E-state index contributed by atoms with van der Waals surface area (Å²) in [5.41, 5.74) is 5.26. The third-order valence-electron chi connectivity index (χ3n) is 1.93. The molecule has 0 aromatic heterocycles. The summed E-state index contributed by atoms with van der Waals surface area (Å²) in [5, 5.41) is 0. The van der Waals surface area contributed by atoms with E-state index in [1.165, 1.54) is 32.1 Å². The average Bonchev–Trinajstić information content (AvgIpc) is 2.03. The quantitative estimate of drug-likeness (QED) is 0.443. The second-order valence-electron chi connectivity index (χ2n) is 2.71. The summed E-state index contributed by atoms with van der Waals surface area (Å²) in [7, 11) is 0. The highest BCUT2D eigenvalue weighted by molar-refractivity contribution is 5.46. The third-order valence-corrected chi connectivity index (χ3v) is 1.93. The minimum Gasteiger partial charge on any atom is -0.283 e. The molecule has 1 aliphatic carbocycles. The van der Waals surface area contributed by atoms with Crippen LogP contribution in [0.25, 0.3) is 0 Å². The summed E-state index contributed by atoms with van der Waals surface area (Å²) >= 11 is 0. The van der Waals surface area contributed by atoms with E-state index < -0.39 is 0 Å². The molecular weight excluding hydrogens is 128 g/mol. The first-order valence-corrected chi connectivity index (χ1v) is 3.81. The number of amides is 1. The van der Waals surface area contributed by atoms with E-state index in [9.17, 15) is 4.79 Å². The molecule has 57 valence electrons. The Labute approximate surface area is 61.2 Å². The van der Waals surface area contributed by atoms with Gasteiger partial charge in [-0.2, -0.15) is 0 Å². The van der Waals surface area contributed by atoms with E-state index in [2.05, 4.69) is 10.9 Å². The van der Waals surface area contributed by atoms with Crippen LogP contribution in [0.1, 0.15) is 32.1 Å². The topological polar surface area (TPSA) is 41.1 Å². The minimum atomic E-state index is 0.482. The van der Waals surface area contributed by atoms with Gasteiger partial charge < -0.3 is 0 Å². The smallest absolute Gasteiger partial charge is 0.283 e. The van der Waals surface area contributed by atoms with Gasteiger partial charge in [0.05, 0.1) is 0 Å². The molecule has 0 saturated heterocycles. The van der Waals surface area contributed by atoms with E-state index in [4.69, 9.17) is 0 Å². The number of hydrazine groups is 1. The monoisotopic (exact) mass is 141 g/mol. The van der Waals surface area contributed by atoms with Gasteiger partial charge in [0.2, 0.25) is 0 Å². The third kappa shape index (κ3) is 2.35. The predicted octanol–water partition coefficient (Wildman–Crippen LogP) is 0.480. The van der Waals surface area contributed by atoms with Crippen molar-refractivity contribution < 1.29 is 4.79 Å². The Morgan fingerprint density at radius 3 is 2.50 bits per heavy atom. The van der Waals surface area contributed by atoms with Crippen molar-refractivity contribution in [2.45, 2.75) is 38.1 Å². The van der Waals surface area contributed by atoms with Gasteiger partial charge in [-0.15, -0.1) is 0 Å².